The maximum Gasteiger partial charge on any atom is 0.119 e. The lowest BCUT2D eigenvalue weighted by Gasteiger charge is -2.25. The molecule has 0 aliphatic rings. The quantitative estimate of drug-likeness (QED) is 0.844. The van der Waals surface area contributed by atoms with Gasteiger partial charge in [0.2, 0.25) is 0 Å². The Hall–Kier alpha value is -1.85. The first kappa shape index (κ1) is 15.5. The zero-order valence-electron chi connectivity index (χ0n) is 13.2. The molecule has 1 atom stereocenters. The van der Waals surface area contributed by atoms with Crippen LogP contribution in [0, 0.1) is 0 Å². The lowest BCUT2D eigenvalue weighted by molar-refractivity contribution is 0.287. The molecule has 0 amide bonds. The average Bonchev–Trinajstić information content (AvgIpc) is 2.89. The summed E-state index contributed by atoms with van der Waals surface area (Å²) in [5.74, 6) is 0.895. The topological polar surface area (TPSA) is 42.3 Å². The van der Waals surface area contributed by atoms with Gasteiger partial charge < -0.3 is 15.0 Å². The van der Waals surface area contributed by atoms with E-state index in [1.165, 1.54) is 11.1 Å². The van der Waals surface area contributed by atoms with Gasteiger partial charge in [-0.1, -0.05) is 12.1 Å². The van der Waals surface area contributed by atoms with Crippen LogP contribution in [0.1, 0.15) is 17.2 Å². The lowest BCUT2D eigenvalue weighted by atomic mass is 10.1. The lowest BCUT2D eigenvalue weighted by Crippen LogP contribution is -2.30. The number of aromatic nitrogens is 2. The van der Waals surface area contributed by atoms with Gasteiger partial charge in [-0.3, -0.25) is 4.68 Å². The molecule has 114 valence electrons. The second kappa shape index (κ2) is 7.24. The van der Waals surface area contributed by atoms with Gasteiger partial charge in [-0.25, -0.2) is 0 Å². The maximum atomic E-state index is 5.31. The van der Waals surface area contributed by atoms with Crippen molar-refractivity contribution in [3.05, 3.63) is 47.8 Å². The molecule has 0 aliphatic heterocycles. The molecule has 0 radical (unpaired) electrons. The highest BCUT2D eigenvalue weighted by Gasteiger charge is 2.14. The van der Waals surface area contributed by atoms with Gasteiger partial charge in [0.25, 0.3) is 0 Å². The molecule has 0 bridgehead atoms. The summed E-state index contributed by atoms with van der Waals surface area (Å²) in [4.78, 5) is 2.21. The van der Waals surface area contributed by atoms with Gasteiger partial charge in [-0.05, 0) is 31.8 Å². The Morgan fingerprint density at radius 3 is 2.81 bits per heavy atom. The summed E-state index contributed by atoms with van der Waals surface area (Å²) < 4.78 is 7.13. The molecule has 1 aromatic heterocycles. The number of nitrogens with zero attached hydrogens (tertiary/aromatic N) is 3. The third-order valence-corrected chi connectivity index (χ3v) is 3.53. The van der Waals surface area contributed by atoms with Gasteiger partial charge >= 0.3 is 0 Å². The van der Waals surface area contributed by atoms with Crippen molar-refractivity contribution in [2.24, 2.45) is 7.05 Å². The molecule has 1 heterocycles. The van der Waals surface area contributed by atoms with Gasteiger partial charge in [0.05, 0.1) is 13.3 Å². The summed E-state index contributed by atoms with van der Waals surface area (Å²) in [6.07, 6.45) is 3.92. The fourth-order valence-corrected chi connectivity index (χ4v) is 2.36. The molecule has 2 rings (SSSR count). The molecule has 1 N–H and O–H groups in total. The van der Waals surface area contributed by atoms with E-state index in [9.17, 15) is 0 Å². The van der Waals surface area contributed by atoms with Crippen LogP contribution in [0.3, 0.4) is 0 Å². The van der Waals surface area contributed by atoms with Gasteiger partial charge in [-0.15, -0.1) is 0 Å². The molecule has 0 spiro atoms. The molecule has 1 aromatic carbocycles. The third-order valence-electron chi connectivity index (χ3n) is 3.53. The number of methoxy groups -OCH3 is 1. The Bertz CT molecular complexity index is 565. The molecule has 0 saturated carbocycles. The van der Waals surface area contributed by atoms with E-state index in [-0.39, 0.29) is 0 Å². The van der Waals surface area contributed by atoms with Gasteiger partial charge in [0, 0.05) is 37.9 Å². The van der Waals surface area contributed by atoms with Crippen molar-refractivity contribution < 1.29 is 4.74 Å². The number of hydrogen-bond donors (Lipinski definition) is 1. The molecule has 5 heteroatoms. The molecule has 0 aliphatic carbocycles. The van der Waals surface area contributed by atoms with E-state index in [4.69, 9.17) is 4.74 Å². The number of nitrogens with one attached hydrogen (secondary N) is 1. The second-order valence-electron chi connectivity index (χ2n) is 5.41. The number of ether oxygens (including phenoxy) is 1. The average molecular weight is 288 g/mol. The van der Waals surface area contributed by atoms with Crippen LogP contribution in [-0.2, 0) is 13.6 Å². The monoisotopic (exact) mass is 288 g/mol. The summed E-state index contributed by atoms with van der Waals surface area (Å²) in [5.41, 5.74) is 2.44. The predicted molar refractivity (Wildman–Crippen MR) is 84.3 cm³/mol. The third kappa shape index (κ3) is 4.31. The van der Waals surface area contributed by atoms with E-state index in [0.29, 0.717) is 6.04 Å². The molecular formula is C16H24N4O. The minimum absolute atomic E-state index is 0.303. The number of likely N-dealkylation sites (N-methyl/N-ethyl adjacent to an activating group) is 1. The van der Waals surface area contributed by atoms with E-state index in [1.54, 1.807) is 7.11 Å². The molecule has 2 aromatic rings. The van der Waals surface area contributed by atoms with Crippen molar-refractivity contribution in [2.45, 2.75) is 12.6 Å². The molecule has 1 unspecified atom stereocenters. The number of aryl methyl sites for hydroxylation is 1. The van der Waals surface area contributed by atoms with E-state index < -0.39 is 0 Å². The molecular weight excluding hydrogens is 264 g/mol. The summed E-state index contributed by atoms with van der Waals surface area (Å²) in [5, 5.41) is 7.68. The standard InChI is InChI=1S/C16H24N4O/c1-19(2)16(14-6-5-7-15(8-14)21-4)11-17-9-13-10-18-20(3)12-13/h5-8,10,12,16-17H,9,11H2,1-4H3. The first-order valence-corrected chi connectivity index (χ1v) is 7.08. The molecule has 0 saturated heterocycles. The van der Waals surface area contributed by atoms with Crippen LogP contribution >= 0.6 is 0 Å². The Balaban J connectivity index is 1.98. The summed E-state index contributed by atoms with van der Waals surface area (Å²) in [6.45, 7) is 1.69. The van der Waals surface area contributed by atoms with Crippen molar-refractivity contribution in [3.8, 4) is 5.75 Å². The van der Waals surface area contributed by atoms with Crippen LogP contribution < -0.4 is 10.1 Å². The van der Waals surface area contributed by atoms with E-state index in [0.717, 1.165) is 18.8 Å². The highest BCUT2D eigenvalue weighted by molar-refractivity contribution is 5.30. The second-order valence-corrected chi connectivity index (χ2v) is 5.41. The Morgan fingerprint density at radius 1 is 1.38 bits per heavy atom. The van der Waals surface area contributed by atoms with Crippen molar-refractivity contribution in [3.63, 3.8) is 0 Å². The van der Waals surface area contributed by atoms with Crippen LogP contribution in [0.15, 0.2) is 36.7 Å². The number of benzene rings is 1. The number of rotatable bonds is 7. The van der Waals surface area contributed by atoms with Crippen molar-refractivity contribution in [1.82, 2.24) is 20.0 Å². The van der Waals surface area contributed by atoms with Gasteiger partial charge in [0.1, 0.15) is 5.75 Å². The predicted octanol–water partition coefficient (Wildman–Crippen LogP) is 1.82. The van der Waals surface area contributed by atoms with Crippen LogP contribution in [0.5, 0.6) is 5.75 Å². The first-order valence-electron chi connectivity index (χ1n) is 7.08. The van der Waals surface area contributed by atoms with E-state index in [2.05, 4.69) is 41.5 Å². The van der Waals surface area contributed by atoms with Crippen molar-refractivity contribution in [1.29, 1.82) is 0 Å². The molecule has 5 nitrogen and oxygen atoms in total. The van der Waals surface area contributed by atoms with E-state index >= 15 is 0 Å². The van der Waals surface area contributed by atoms with Crippen LogP contribution in [-0.4, -0.2) is 42.4 Å². The van der Waals surface area contributed by atoms with Crippen LogP contribution in [0.25, 0.3) is 0 Å². The summed E-state index contributed by atoms with van der Waals surface area (Å²) in [7, 11) is 7.82. The maximum absolute atomic E-state index is 5.31. The van der Waals surface area contributed by atoms with Gasteiger partial charge in [-0.2, -0.15) is 5.10 Å². The normalized spacial score (nSPS) is 12.6. The van der Waals surface area contributed by atoms with Crippen LogP contribution in [0.4, 0.5) is 0 Å². The van der Waals surface area contributed by atoms with Gasteiger partial charge in [0.15, 0.2) is 0 Å². The molecule has 0 fully saturated rings. The Morgan fingerprint density at radius 2 is 2.19 bits per heavy atom. The number of hydrogen-bond acceptors (Lipinski definition) is 4. The summed E-state index contributed by atoms with van der Waals surface area (Å²) in [6, 6.07) is 8.54. The summed E-state index contributed by atoms with van der Waals surface area (Å²) >= 11 is 0. The zero-order valence-corrected chi connectivity index (χ0v) is 13.2. The highest BCUT2D eigenvalue weighted by atomic mass is 16.5. The zero-order chi connectivity index (χ0) is 15.2. The van der Waals surface area contributed by atoms with Crippen molar-refractivity contribution >= 4 is 0 Å². The Labute approximate surface area is 126 Å². The van der Waals surface area contributed by atoms with Crippen molar-refractivity contribution in [2.75, 3.05) is 27.7 Å². The SMILES string of the molecule is COc1cccc(C(CNCc2cnn(C)c2)N(C)C)c1. The Kier molecular flexibility index (Phi) is 5.36. The van der Waals surface area contributed by atoms with E-state index in [1.807, 2.05) is 36.3 Å². The van der Waals surface area contributed by atoms with Crippen LogP contribution in [0.2, 0.25) is 0 Å². The minimum Gasteiger partial charge on any atom is -0.497 e. The fourth-order valence-electron chi connectivity index (χ4n) is 2.36. The minimum atomic E-state index is 0.303. The highest BCUT2D eigenvalue weighted by Crippen LogP contribution is 2.22. The molecule has 21 heavy (non-hydrogen) atoms. The largest absolute Gasteiger partial charge is 0.497 e. The smallest absolute Gasteiger partial charge is 0.119 e. The fraction of sp³-hybridized carbons (Fsp3) is 0.438. The first-order chi connectivity index (χ1) is 10.1.